The fourth-order valence-electron chi connectivity index (χ4n) is 2.55. The van der Waals surface area contributed by atoms with E-state index in [1.807, 2.05) is 0 Å². The molecule has 26 heavy (non-hydrogen) atoms. The van der Waals surface area contributed by atoms with Crippen molar-refractivity contribution in [3.63, 3.8) is 0 Å². The van der Waals surface area contributed by atoms with E-state index in [1.54, 1.807) is 40.0 Å². The molecule has 0 spiro atoms. The van der Waals surface area contributed by atoms with Gasteiger partial charge in [-0.05, 0) is 30.7 Å². The summed E-state index contributed by atoms with van der Waals surface area (Å²) in [6, 6.07) is 7.49. The van der Waals surface area contributed by atoms with Crippen LogP contribution in [0.15, 0.2) is 46.2 Å². The predicted octanol–water partition coefficient (Wildman–Crippen LogP) is 1.98. The number of sulfonamides is 1. The number of benzene rings is 1. The van der Waals surface area contributed by atoms with Gasteiger partial charge in [0, 0.05) is 43.7 Å². The maximum absolute atomic E-state index is 12.8. The monoisotopic (exact) mass is 377 g/mol. The topological polar surface area (TPSA) is 88.5 Å². The average Bonchev–Trinajstić information content (AvgIpc) is 2.59. The fraction of sp³-hybridized carbons (Fsp3) is 0.333. The molecular weight excluding hydrogens is 354 g/mol. The Bertz CT molecular complexity index is 976. The third kappa shape index (κ3) is 4.03. The second-order valence-electron chi connectivity index (χ2n) is 5.89. The predicted molar refractivity (Wildman–Crippen MR) is 101 cm³/mol. The average molecular weight is 377 g/mol. The highest BCUT2D eigenvalue weighted by atomic mass is 32.2. The van der Waals surface area contributed by atoms with Gasteiger partial charge in [-0.2, -0.15) is 4.31 Å². The largest absolute Gasteiger partial charge is 0.322 e. The molecule has 7 nitrogen and oxygen atoms in total. The zero-order valence-electron chi connectivity index (χ0n) is 15.3. The SMILES string of the molecule is CCN(CC)S(=O)(=O)c1cc(NC(=O)c2ccn(C)c(=O)c2)ccc1C. The summed E-state index contributed by atoms with van der Waals surface area (Å²) in [7, 11) is -2.05. The van der Waals surface area contributed by atoms with Gasteiger partial charge in [0.2, 0.25) is 10.0 Å². The number of hydrogen-bond acceptors (Lipinski definition) is 4. The first-order chi connectivity index (χ1) is 12.2. The van der Waals surface area contributed by atoms with E-state index in [-0.39, 0.29) is 16.0 Å². The number of aryl methyl sites for hydroxylation is 2. The van der Waals surface area contributed by atoms with Crippen molar-refractivity contribution in [2.75, 3.05) is 18.4 Å². The van der Waals surface area contributed by atoms with Crippen molar-refractivity contribution in [1.29, 1.82) is 0 Å². The Labute approximate surface area is 153 Å². The van der Waals surface area contributed by atoms with Crippen molar-refractivity contribution in [1.82, 2.24) is 8.87 Å². The van der Waals surface area contributed by atoms with Crippen molar-refractivity contribution < 1.29 is 13.2 Å². The van der Waals surface area contributed by atoms with Crippen molar-refractivity contribution in [2.45, 2.75) is 25.7 Å². The molecule has 1 amide bonds. The molecule has 0 saturated heterocycles. The number of aromatic nitrogens is 1. The Balaban J connectivity index is 2.36. The Morgan fingerprint density at radius 2 is 1.81 bits per heavy atom. The molecule has 8 heteroatoms. The number of anilines is 1. The molecule has 1 aromatic carbocycles. The molecule has 0 bridgehead atoms. The van der Waals surface area contributed by atoms with Gasteiger partial charge >= 0.3 is 0 Å². The molecule has 140 valence electrons. The molecule has 0 aliphatic carbocycles. The van der Waals surface area contributed by atoms with Gasteiger partial charge in [0.15, 0.2) is 0 Å². The molecule has 1 aromatic heterocycles. The highest BCUT2D eigenvalue weighted by molar-refractivity contribution is 7.89. The summed E-state index contributed by atoms with van der Waals surface area (Å²) in [5.74, 6) is -0.474. The minimum absolute atomic E-state index is 0.156. The summed E-state index contributed by atoms with van der Waals surface area (Å²) in [5, 5.41) is 2.65. The van der Waals surface area contributed by atoms with E-state index >= 15 is 0 Å². The summed E-state index contributed by atoms with van der Waals surface area (Å²) < 4.78 is 28.3. The van der Waals surface area contributed by atoms with Crippen molar-refractivity contribution in [2.24, 2.45) is 7.05 Å². The first-order valence-electron chi connectivity index (χ1n) is 8.29. The van der Waals surface area contributed by atoms with Crippen molar-refractivity contribution >= 4 is 21.6 Å². The number of hydrogen-bond donors (Lipinski definition) is 1. The van der Waals surface area contributed by atoms with Crippen LogP contribution in [0.2, 0.25) is 0 Å². The molecule has 0 aliphatic rings. The zero-order valence-corrected chi connectivity index (χ0v) is 16.1. The summed E-state index contributed by atoms with van der Waals surface area (Å²) in [6.45, 7) is 5.99. The number of nitrogens with one attached hydrogen (secondary N) is 1. The van der Waals surface area contributed by atoms with Crippen LogP contribution in [0.4, 0.5) is 5.69 Å². The van der Waals surface area contributed by atoms with E-state index in [9.17, 15) is 18.0 Å². The first kappa shape index (κ1) is 19.9. The number of nitrogens with zero attached hydrogens (tertiary/aromatic N) is 2. The van der Waals surface area contributed by atoms with E-state index in [0.29, 0.717) is 24.3 Å². The molecule has 2 rings (SSSR count). The number of pyridine rings is 1. The lowest BCUT2D eigenvalue weighted by molar-refractivity contribution is 0.102. The molecule has 0 saturated carbocycles. The van der Waals surface area contributed by atoms with Gasteiger partial charge in [-0.3, -0.25) is 9.59 Å². The Kier molecular flexibility index (Phi) is 5.99. The third-order valence-electron chi connectivity index (χ3n) is 4.14. The lowest BCUT2D eigenvalue weighted by Gasteiger charge is -2.20. The van der Waals surface area contributed by atoms with Crippen LogP contribution in [0.1, 0.15) is 29.8 Å². The van der Waals surface area contributed by atoms with Gasteiger partial charge < -0.3 is 9.88 Å². The van der Waals surface area contributed by atoms with Gasteiger partial charge in [0.05, 0.1) is 4.90 Å². The van der Waals surface area contributed by atoms with Crippen LogP contribution >= 0.6 is 0 Å². The maximum atomic E-state index is 12.8. The number of amides is 1. The molecule has 1 N–H and O–H groups in total. The Hall–Kier alpha value is -2.45. The second-order valence-corrected chi connectivity index (χ2v) is 7.79. The number of carbonyl (C=O) groups excluding carboxylic acids is 1. The lowest BCUT2D eigenvalue weighted by Crippen LogP contribution is -2.31. The van der Waals surface area contributed by atoms with Gasteiger partial charge in [0.1, 0.15) is 0 Å². The highest BCUT2D eigenvalue weighted by Gasteiger charge is 2.24. The first-order valence-corrected chi connectivity index (χ1v) is 9.73. The van der Waals surface area contributed by atoms with Gasteiger partial charge in [-0.1, -0.05) is 19.9 Å². The Morgan fingerprint density at radius 1 is 1.15 bits per heavy atom. The lowest BCUT2D eigenvalue weighted by atomic mass is 10.2. The molecule has 0 atom stereocenters. The van der Waals surface area contributed by atoms with Crippen molar-refractivity contribution in [3.05, 3.63) is 58.0 Å². The highest BCUT2D eigenvalue weighted by Crippen LogP contribution is 2.24. The molecule has 1 heterocycles. The molecule has 0 unspecified atom stereocenters. The maximum Gasteiger partial charge on any atom is 0.255 e. The van der Waals surface area contributed by atoms with Crippen LogP contribution in [-0.2, 0) is 17.1 Å². The van der Waals surface area contributed by atoms with E-state index in [2.05, 4.69) is 5.32 Å². The van der Waals surface area contributed by atoms with Crippen LogP contribution in [0.3, 0.4) is 0 Å². The quantitative estimate of drug-likeness (QED) is 0.834. The molecule has 2 aromatic rings. The normalized spacial score (nSPS) is 11.6. The van der Waals surface area contributed by atoms with E-state index in [4.69, 9.17) is 0 Å². The van der Waals surface area contributed by atoms with Crippen LogP contribution in [0, 0.1) is 6.92 Å². The molecule has 0 aliphatic heterocycles. The molecule has 0 fully saturated rings. The third-order valence-corrected chi connectivity index (χ3v) is 6.33. The summed E-state index contributed by atoms with van der Waals surface area (Å²) in [5.41, 5.74) is 0.865. The Morgan fingerprint density at radius 3 is 2.38 bits per heavy atom. The molecule has 0 radical (unpaired) electrons. The summed E-state index contributed by atoms with van der Waals surface area (Å²) in [4.78, 5) is 24.2. The van der Waals surface area contributed by atoms with Crippen LogP contribution in [0.5, 0.6) is 0 Å². The minimum atomic E-state index is -3.64. The van der Waals surface area contributed by atoms with Gasteiger partial charge in [0.25, 0.3) is 11.5 Å². The standard InChI is InChI=1S/C18H23N3O4S/c1-5-21(6-2)26(24,25)16-12-15(8-7-13(16)3)19-18(23)14-9-10-20(4)17(22)11-14/h7-12H,5-6H2,1-4H3,(H,19,23). The summed E-state index contributed by atoms with van der Waals surface area (Å²) >= 11 is 0. The number of carbonyl (C=O) groups is 1. The van der Waals surface area contributed by atoms with Crippen LogP contribution in [0.25, 0.3) is 0 Å². The summed E-state index contributed by atoms with van der Waals surface area (Å²) in [6.07, 6.45) is 1.50. The van der Waals surface area contributed by atoms with E-state index in [1.165, 1.54) is 33.3 Å². The van der Waals surface area contributed by atoms with Crippen LogP contribution < -0.4 is 10.9 Å². The van der Waals surface area contributed by atoms with Crippen LogP contribution in [-0.4, -0.2) is 36.3 Å². The van der Waals surface area contributed by atoms with Crippen molar-refractivity contribution in [3.8, 4) is 0 Å². The number of rotatable bonds is 6. The van der Waals surface area contributed by atoms with E-state index < -0.39 is 15.9 Å². The van der Waals surface area contributed by atoms with Gasteiger partial charge in [-0.15, -0.1) is 0 Å². The van der Waals surface area contributed by atoms with E-state index in [0.717, 1.165) is 0 Å². The second kappa shape index (κ2) is 7.84. The zero-order chi connectivity index (χ0) is 19.5. The minimum Gasteiger partial charge on any atom is -0.322 e. The van der Waals surface area contributed by atoms with Gasteiger partial charge in [-0.25, -0.2) is 8.42 Å². The molecular formula is C18H23N3O4S. The smallest absolute Gasteiger partial charge is 0.255 e. The fourth-order valence-corrected chi connectivity index (χ4v) is 4.26.